The standard InChI is InChI=1S/C20H24N4O2/c1-20(26,13-5-3-6-13)12-18(25)23-19-22-16-10-9-14(21-2)11-17(16)24(19)15-7-4-8-15/h9-11,13,15,26H,3-8,12H2,1H3,(H,22,23,25). The third kappa shape index (κ3) is 2.97. The summed E-state index contributed by atoms with van der Waals surface area (Å²) in [4.78, 5) is 20.7. The fraction of sp³-hybridized carbons (Fsp3) is 0.550. The molecule has 2 aliphatic rings. The van der Waals surface area contributed by atoms with Crippen molar-refractivity contribution in [2.75, 3.05) is 5.32 Å². The second kappa shape index (κ2) is 6.40. The van der Waals surface area contributed by atoms with Gasteiger partial charge in [-0.05, 0) is 57.1 Å². The van der Waals surface area contributed by atoms with Crippen LogP contribution in [-0.4, -0.2) is 26.2 Å². The highest BCUT2D eigenvalue weighted by atomic mass is 16.3. The first kappa shape index (κ1) is 17.0. The van der Waals surface area contributed by atoms with Crippen LogP contribution >= 0.6 is 0 Å². The summed E-state index contributed by atoms with van der Waals surface area (Å²) in [5.74, 6) is 0.532. The van der Waals surface area contributed by atoms with Crippen LogP contribution in [0.4, 0.5) is 11.6 Å². The lowest BCUT2D eigenvalue weighted by atomic mass is 9.72. The Labute approximate surface area is 153 Å². The number of aromatic nitrogens is 2. The van der Waals surface area contributed by atoms with Crippen LogP contribution in [0.2, 0.25) is 0 Å². The van der Waals surface area contributed by atoms with Gasteiger partial charge < -0.3 is 9.67 Å². The van der Waals surface area contributed by atoms with E-state index in [4.69, 9.17) is 6.57 Å². The number of anilines is 1. The van der Waals surface area contributed by atoms with Crippen LogP contribution in [0.5, 0.6) is 0 Å². The predicted molar refractivity (Wildman–Crippen MR) is 100 cm³/mol. The smallest absolute Gasteiger partial charge is 0.229 e. The fourth-order valence-corrected chi connectivity index (χ4v) is 3.92. The van der Waals surface area contributed by atoms with Crippen LogP contribution in [0.25, 0.3) is 15.9 Å². The summed E-state index contributed by atoms with van der Waals surface area (Å²) >= 11 is 0. The van der Waals surface area contributed by atoms with Gasteiger partial charge in [-0.2, -0.15) is 0 Å². The molecule has 2 N–H and O–H groups in total. The number of aliphatic hydroxyl groups is 1. The van der Waals surface area contributed by atoms with Gasteiger partial charge in [0.2, 0.25) is 11.9 Å². The molecule has 0 bridgehead atoms. The third-order valence-corrected chi connectivity index (χ3v) is 6.00. The van der Waals surface area contributed by atoms with E-state index in [9.17, 15) is 9.90 Å². The number of carbonyl (C=O) groups excluding carboxylic acids is 1. The van der Waals surface area contributed by atoms with Crippen molar-refractivity contribution in [3.8, 4) is 0 Å². The van der Waals surface area contributed by atoms with Gasteiger partial charge >= 0.3 is 0 Å². The molecule has 6 heteroatoms. The molecule has 2 fully saturated rings. The quantitative estimate of drug-likeness (QED) is 0.793. The molecule has 4 rings (SSSR count). The van der Waals surface area contributed by atoms with Crippen molar-refractivity contribution >= 4 is 28.6 Å². The Balaban J connectivity index is 1.61. The van der Waals surface area contributed by atoms with Crippen molar-refractivity contribution in [2.24, 2.45) is 5.92 Å². The molecule has 1 amide bonds. The predicted octanol–water partition coefficient (Wildman–Crippen LogP) is 4.19. The van der Waals surface area contributed by atoms with E-state index in [-0.39, 0.29) is 18.2 Å². The van der Waals surface area contributed by atoms with E-state index >= 15 is 0 Å². The van der Waals surface area contributed by atoms with Crippen LogP contribution in [0.1, 0.15) is 57.9 Å². The van der Waals surface area contributed by atoms with Crippen LogP contribution in [0.15, 0.2) is 18.2 Å². The van der Waals surface area contributed by atoms with Crippen LogP contribution in [0, 0.1) is 12.5 Å². The van der Waals surface area contributed by atoms with Gasteiger partial charge in [-0.15, -0.1) is 0 Å². The molecule has 1 atom stereocenters. The second-order valence-electron chi connectivity index (χ2n) is 7.88. The topological polar surface area (TPSA) is 71.5 Å². The molecular weight excluding hydrogens is 328 g/mol. The number of nitrogens with one attached hydrogen (secondary N) is 1. The van der Waals surface area contributed by atoms with E-state index in [0.29, 0.717) is 17.7 Å². The van der Waals surface area contributed by atoms with Crippen LogP contribution < -0.4 is 5.32 Å². The van der Waals surface area contributed by atoms with Crippen molar-refractivity contribution in [3.63, 3.8) is 0 Å². The number of fused-ring (bicyclic) bond motifs is 1. The van der Waals surface area contributed by atoms with Gasteiger partial charge in [-0.3, -0.25) is 10.1 Å². The molecule has 1 heterocycles. The SMILES string of the molecule is [C-]#[N+]c1ccc2nc(NC(=O)CC(C)(O)C3CCC3)n(C3CCC3)c2c1. The first-order valence-corrected chi connectivity index (χ1v) is 9.39. The highest BCUT2D eigenvalue weighted by molar-refractivity contribution is 5.92. The van der Waals surface area contributed by atoms with Crippen molar-refractivity contribution in [1.82, 2.24) is 9.55 Å². The normalized spacial score (nSPS) is 20.0. The average molecular weight is 352 g/mol. The Kier molecular flexibility index (Phi) is 4.20. The van der Waals surface area contributed by atoms with Gasteiger partial charge in [-0.25, -0.2) is 9.83 Å². The third-order valence-electron chi connectivity index (χ3n) is 6.00. The second-order valence-corrected chi connectivity index (χ2v) is 7.88. The van der Waals surface area contributed by atoms with Crippen molar-refractivity contribution in [3.05, 3.63) is 29.6 Å². The number of hydrogen-bond donors (Lipinski definition) is 2. The molecule has 0 aliphatic heterocycles. The lowest BCUT2D eigenvalue weighted by molar-refractivity contribution is -0.124. The summed E-state index contributed by atoms with van der Waals surface area (Å²) in [6.07, 6.45) is 6.45. The minimum absolute atomic E-state index is 0.0822. The Bertz CT molecular complexity index is 885. The zero-order valence-electron chi connectivity index (χ0n) is 15.0. The Morgan fingerprint density at radius 3 is 2.69 bits per heavy atom. The minimum atomic E-state index is -0.965. The Morgan fingerprint density at radius 2 is 2.12 bits per heavy atom. The number of nitrogens with zero attached hydrogens (tertiary/aromatic N) is 3. The zero-order valence-corrected chi connectivity index (χ0v) is 15.0. The molecule has 2 saturated carbocycles. The van der Waals surface area contributed by atoms with E-state index in [1.54, 1.807) is 13.0 Å². The van der Waals surface area contributed by atoms with Gasteiger partial charge in [0.1, 0.15) is 0 Å². The largest absolute Gasteiger partial charge is 0.389 e. The molecule has 1 aromatic carbocycles. The molecule has 26 heavy (non-hydrogen) atoms. The maximum absolute atomic E-state index is 12.6. The molecule has 0 saturated heterocycles. The highest BCUT2D eigenvalue weighted by Gasteiger charge is 2.38. The molecule has 2 aliphatic carbocycles. The molecule has 1 aromatic heterocycles. The van der Waals surface area contributed by atoms with Gasteiger partial charge in [0.15, 0.2) is 5.69 Å². The number of hydrogen-bond acceptors (Lipinski definition) is 3. The molecule has 1 unspecified atom stereocenters. The van der Waals surface area contributed by atoms with E-state index in [0.717, 1.165) is 49.6 Å². The summed E-state index contributed by atoms with van der Waals surface area (Å²) < 4.78 is 2.06. The summed E-state index contributed by atoms with van der Waals surface area (Å²) in [7, 11) is 0. The lowest BCUT2D eigenvalue weighted by Gasteiger charge is -2.38. The number of imidazole rings is 1. The van der Waals surface area contributed by atoms with Gasteiger partial charge in [0, 0.05) is 6.04 Å². The maximum Gasteiger partial charge on any atom is 0.229 e. The Morgan fingerprint density at radius 1 is 1.38 bits per heavy atom. The summed E-state index contributed by atoms with van der Waals surface area (Å²) in [5, 5.41) is 13.5. The molecule has 136 valence electrons. The number of amides is 1. The van der Waals surface area contributed by atoms with Crippen molar-refractivity contribution < 1.29 is 9.90 Å². The van der Waals surface area contributed by atoms with Gasteiger partial charge in [-0.1, -0.05) is 12.5 Å². The van der Waals surface area contributed by atoms with Crippen LogP contribution in [-0.2, 0) is 4.79 Å². The van der Waals surface area contributed by atoms with Gasteiger partial charge in [0.25, 0.3) is 0 Å². The molecular formula is C20H24N4O2. The molecule has 2 aromatic rings. The fourth-order valence-electron chi connectivity index (χ4n) is 3.92. The highest BCUT2D eigenvalue weighted by Crippen LogP contribution is 2.39. The van der Waals surface area contributed by atoms with Crippen LogP contribution in [0.3, 0.4) is 0 Å². The monoisotopic (exact) mass is 352 g/mol. The lowest BCUT2D eigenvalue weighted by Crippen LogP contribution is -2.42. The summed E-state index contributed by atoms with van der Waals surface area (Å²) in [6, 6.07) is 5.73. The first-order valence-electron chi connectivity index (χ1n) is 9.39. The van der Waals surface area contributed by atoms with Crippen molar-refractivity contribution in [2.45, 2.75) is 63.5 Å². The van der Waals surface area contributed by atoms with E-state index in [1.807, 2.05) is 12.1 Å². The summed E-state index contributed by atoms with van der Waals surface area (Å²) in [5.41, 5.74) is 1.28. The van der Waals surface area contributed by atoms with Crippen molar-refractivity contribution in [1.29, 1.82) is 0 Å². The van der Waals surface area contributed by atoms with Gasteiger partial charge in [0.05, 0.1) is 29.6 Å². The average Bonchev–Trinajstić information content (AvgIpc) is 2.79. The number of benzene rings is 1. The van der Waals surface area contributed by atoms with E-state index < -0.39 is 5.60 Å². The molecule has 6 nitrogen and oxygen atoms in total. The first-order chi connectivity index (χ1) is 12.5. The van der Waals surface area contributed by atoms with E-state index in [1.165, 1.54) is 0 Å². The minimum Gasteiger partial charge on any atom is -0.389 e. The number of carbonyl (C=O) groups is 1. The molecule has 0 spiro atoms. The summed E-state index contributed by atoms with van der Waals surface area (Å²) in [6.45, 7) is 8.99. The maximum atomic E-state index is 12.6. The number of rotatable bonds is 5. The Hall–Kier alpha value is -2.39. The van der Waals surface area contributed by atoms with E-state index in [2.05, 4.69) is 19.7 Å². The molecule has 0 radical (unpaired) electrons. The zero-order chi connectivity index (χ0) is 18.3.